The molecule has 0 aliphatic carbocycles. The average molecular weight is 223 g/mol. The zero-order valence-electron chi connectivity index (χ0n) is 9.91. The van der Waals surface area contributed by atoms with Crippen molar-refractivity contribution in [3.8, 4) is 0 Å². The minimum Gasteiger partial charge on any atom is -0.477 e. The zero-order chi connectivity index (χ0) is 12.3. The first kappa shape index (κ1) is 12.5. The largest absolute Gasteiger partial charge is 0.477 e. The molecule has 0 aliphatic heterocycles. The van der Waals surface area contributed by atoms with Crippen LogP contribution in [0.5, 0.6) is 0 Å². The van der Waals surface area contributed by atoms with Gasteiger partial charge in [0.15, 0.2) is 0 Å². The minimum absolute atomic E-state index is 0.101. The lowest BCUT2D eigenvalue weighted by molar-refractivity contribution is 0.0693. The first-order valence-electron chi connectivity index (χ1n) is 5.43. The van der Waals surface area contributed by atoms with E-state index in [1.807, 2.05) is 13.8 Å². The summed E-state index contributed by atoms with van der Waals surface area (Å²) >= 11 is 0. The van der Waals surface area contributed by atoms with Gasteiger partial charge in [-0.15, -0.1) is 0 Å². The lowest BCUT2D eigenvalue weighted by Gasteiger charge is -2.10. The summed E-state index contributed by atoms with van der Waals surface area (Å²) in [4.78, 5) is 22.9. The number of aryl methyl sites for hydroxylation is 2. The molecule has 4 heteroatoms. The van der Waals surface area contributed by atoms with Crippen LogP contribution in [0.4, 0.5) is 0 Å². The molecule has 0 fully saturated rings. The van der Waals surface area contributed by atoms with Crippen LogP contribution in [0.25, 0.3) is 0 Å². The van der Waals surface area contributed by atoms with E-state index < -0.39 is 11.5 Å². The van der Waals surface area contributed by atoms with Crippen LogP contribution in [0.15, 0.2) is 11.0 Å². The molecule has 1 aromatic rings. The monoisotopic (exact) mass is 223 g/mol. The fraction of sp³-hybridized carbons (Fsp3) is 0.500. The van der Waals surface area contributed by atoms with Crippen LogP contribution in [-0.2, 0) is 6.54 Å². The van der Waals surface area contributed by atoms with E-state index in [0.717, 1.165) is 18.4 Å². The summed E-state index contributed by atoms with van der Waals surface area (Å²) in [5, 5.41) is 9.01. The molecule has 4 nitrogen and oxygen atoms in total. The van der Waals surface area contributed by atoms with Gasteiger partial charge in [-0.05, 0) is 31.4 Å². The van der Waals surface area contributed by atoms with Crippen molar-refractivity contribution < 1.29 is 9.90 Å². The van der Waals surface area contributed by atoms with Gasteiger partial charge < -0.3 is 9.67 Å². The zero-order valence-corrected chi connectivity index (χ0v) is 9.91. The van der Waals surface area contributed by atoms with Crippen molar-refractivity contribution >= 4 is 5.97 Å². The third-order valence-electron chi connectivity index (χ3n) is 2.76. The molecule has 0 aromatic carbocycles. The van der Waals surface area contributed by atoms with Gasteiger partial charge in [0.25, 0.3) is 5.56 Å². The molecule has 0 radical (unpaired) electrons. The van der Waals surface area contributed by atoms with E-state index in [4.69, 9.17) is 5.11 Å². The number of rotatable bonds is 4. The Kier molecular flexibility index (Phi) is 3.88. The molecule has 88 valence electrons. The maximum absolute atomic E-state index is 11.9. The van der Waals surface area contributed by atoms with Crippen LogP contribution in [0, 0.1) is 13.8 Å². The molecule has 1 aromatic heterocycles. The highest BCUT2D eigenvalue weighted by Gasteiger charge is 2.16. The highest BCUT2D eigenvalue weighted by molar-refractivity contribution is 5.89. The first-order chi connectivity index (χ1) is 7.49. The highest BCUT2D eigenvalue weighted by atomic mass is 16.4. The summed E-state index contributed by atoms with van der Waals surface area (Å²) in [6, 6.07) is 0. The summed E-state index contributed by atoms with van der Waals surface area (Å²) in [5.74, 6) is -1.14. The number of carboxylic acids is 1. The Hall–Kier alpha value is -1.58. The van der Waals surface area contributed by atoms with Crippen LogP contribution >= 0.6 is 0 Å². The number of carboxylic acid groups (broad SMARTS) is 1. The molecular formula is C12H17NO3. The molecular weight excluding hydrogens is 206 g/mol. The normalized spacial score (nSPS) is 10.4. The third-order valence-corrected chi connectivity index (χ3v) is 2.76. The van der Waals surface area contributed by atoms with E-state index in [1.54, 1.807) is 13.1 Å². The van der Waals surface area contributed by atoms with Crippen LogP contribution < -0.4 is 5.56 Å². The van der Waals surface area contributed by atoms with Gasteiger partial charge in [0.2, 0.25) is 0 Å². The summed E-state index contributed by atoms with van der Waals surface area (Å²) in [6.45, 7) is 6.11. The Bertz CT molecular complexity index is 460. The van der Waals surface area contributed by atoms with Crippen LogP contribution in [0.2, 0.25) is 0 Å². The Labute approximate surface area is 94.5 Å². The van der Waals surface area contributed by atoms with Gasteiger partial charge in [-0.2, -0.15) is 0 Å². The number of unbranched alkanes of at least 4 members (excludes halogenated alkanes) is 1. The van der Waals surface area contributed by atoms with Crippen molar-refractivity contribution in [2.45, 2.75) is 40.2 Å². The van der Waals surface area contributed by atoms with Gasteiger partial charge in [-0.3, -0.25) is 4.79 Å². The van der Waals surface area contributed by atoms with E-state index in [1.165, 1.54) is 4.57 Å². The van der Waals surface area contributed by atoms with E-state index in [0.29, 0.717) is 12.1 Å². The SMILES string of the molecule is CCCCn1cc(C)c(C)c(C(=O)O)c1=O. The van der Waals surface area contributed by atoms with Gasteiger partial charge >= 0.3 is 5.97 Å². The average Bonchev–Trinajstić information content (AvgIpc) is 2.21. The van der Waals surface area contributed by atoms with Crippen molar-refractivity contribution in [2.24, 2.45) is 0 Å². The number of aromatic carboxylic acids is 1. The van der Waals surface area contributed by atoms with Crippen LogP contribution in [-0.4, -0.2) is 15.6 Å². The summed E-state index contributed by atoms with van der Waals surface area (Å²) in [5.41, 5.74) is 0.901. The molecule has 16 heavy (non-hydrogen) atoms. The van der Waals surface area contributed by atoms with Gasteiger partial charge in [0.1, 0.15) is 5.56 Å². The fourth-order valence-corrected chi connectivity index (χ4v) is 1.64. The molecule has 0 saturated carbocycles. The molecule has 0 bridgehead atoms. The minimum atomic E-state index is -1.14. The Morgan fingerprint density at radius 2 is 2.06 bits per heavy atom. The molecule has 0 atom stereocenters. The van der Waals surface area contributed by atoms with Crippen molar-refractivity contribution in [2.75, 3.05) is 0 Å². The Morgan fingerprint density at radius 3 is 2.56 bits per heavy atom. The Balaban J connectivity index is 3.33. The molecule has 0 amide bonds. The number of hydrogen-bond acceptors (Lipinski definition) is 2. The van der Waals surface area contributed by atoms with Gasteiger partial charge in [-0.1, -0.05) is 13.3 Å². The topological polar surface area (TPSA) is 59.3 Å². The molecule has 0 unspecified atom stereocenters. The van der Waals surface area contributed by atoms with Crippen molar-refractivity contribution in [1.29, 1.82) is 0 Å². The van der Waals surface area contributed by atoms with Gasteiger partial charge in [-0.25, -0.2) is 4.79 Å². The second-order valence-corrected chi connectivity index (χ2v) is 3.97. The summed E-state index contributed by atoms with van der Waals surface area (Å²) in [7, 11) is 0. The second kappa shape index (κ2) is 4.96. The smallest absolute Gasteiger partial charge is 0.341 e. The summed E-state index contributed by atoms with van der Waals surface area (Å²) < 4.78 is 1.50. The highest BCUT2D eigenvalue weighted by Crippen LogP contribution is 2.09. The van der Waals surface area contributed by atoms with E-state index in [9.17, 15) is 9.59 Å². The molecule has 0 saturated heterocycles. The van der Waals surface area contributed by atoms with Crippen LogP contribution in [0.3, 0.4) is 0 Å². The number of aromatic nitrogens is 1. The van der Waals surface area contributed by atoms with Crippen molar-refractivity contribution in [3.05, 3.63) is 33.2 Å². The maximum atomic E-state index is 11.9. The van der Waals surface area contributed by atoms with E-state index in [-0.39, 0.29) is 5.56 Å². The standard InChI is InChI=1S/C12H17NO3/c1-4-5-6-13-7-8(2)9(3)10(11(13)14)12(15)16/h7H,4-6H2,1-3H3,(H,15,16). The number of pyridine rings is 1. The molecule has 0 spiro atoms. The third kappa shape index (κ3) is 2.32. The lowest BCUT2D eigenvalue weighted by Crippen LogP contribution is -2.28. The van der Waals surface area contributed by atoms with Gasteiger partial charge in [0, 0.05) is 12.7 Å². The van der Waals surface area contributed by atoms with E-state index in [2.05, 4.69) is 0 Å². The quantitative estimate of drug-likeness (QED) is 0.848. The lowest BCUT2D eigenvalue weighted by atomic mass is 10.1. The van der Waals surface area contributed by atoms with Crippen LogP contribution in [0.1, 0.15) is 41.3 Å². The molecule has 1 rings (SSSR count). The Morgan fingerprint density at radius 1 is 1.44 bits per heavy atom. The molecule has 1 N–H and O–H groups in total. The maximum Gasteiger partial charge on any atom is 0.341 e. The van der Waals surface area contributed by atoms with Crippen molar-refractivity contribution in [1.82, 2.24) is 4.57 Å². The summed E-state index contributed by atoms with van der Waals surface area (Å²) in [6.07, 6.45) is 3.59. The number of nitrogens with zero attached hydrogens (tertiary/aromatic N) is 1. The van der Waals surface area contributed by atoms with Gasteiger partial charge in [0.05, 0.1) is 0 Å². The number of hydrogen-bond donors (Lipinski definition) is 1. The predicted octanol–water partition coefficient (Wildman–Crippen LogP) is 1.96. The first-order valence-corrected chi connectivity index (χ1v) is 5.43. The van der Waals surface area contributed by atoms with Crippen molar-refractivity contribution in [3.63, 3.8) is 0 Å². The fourth-order valence-electron chi connectivity index (χ4n) is 1.64. The number of carbonyl (C=O) groups is 1. The predicted molar refractivity (Wildman–Crippen MR) is 62.0 cm³/mol. The van der Waals surface area contributed by atoms with E-state index >= 15 is 0 Å². The molecule has 1 heterocycles. The second-order valence-electron chi connectivity index (χ2n) is 3.97. The molecule has 0 aliphatic rings.